The van der Waals surface area contributed by atoms with Gasteiger partial charge in [0.2, 0.25) is 5.91 Å². The van der Waals surface area contributed by atoms with Crippen molar-refractivity contribution >= 4 is 28.6 Å². The van der Waals surface area contributed by atoms with Crippen molar-refractivity contribution in [3.8, 4) is 0 Å². The quantitative estimate of drug-likeness (QED) is 0.336. The second kappa shape index (κ2) is 14.6. The number of likely N-dealkylation sites (N-methyl/N-ethyl adjacent to an activating group) is 1. The highest BCUT2D eigenvalue weighted by Crippen LogP contribution is 2.07. The van der Waals surface area contributed by atoms with Crippen LogP contribution in [0.25, 0.3) is 5.53 Å². The predicted octanol–water partition coefficient (Wildman–Crippen LogP) is 2.63. The molecule has 0 heterocycles. The molecule has 0 radical (unpaired) electrons. The van der Waals surface area contributed by atoms with Crippen LogP contribution >= 0.6 is 0 Å². The minimum Gasteiger partial charge on any atom is -0.361 e. The Morgan fingerprint density at radius 2 is 1.53 bits per heavy atom. The third-order valence-corrected chi connectivity index (χ3v) is 4.72. The zero-order chi connectivity index (χ0) is 23.3. The van der Waals surface area contributed by atoms with Gasteiger partial charge in [-0.1, -0.05) is 45.9 Å². The maximum absolute atomic E-state index is 11.7. The van der Waals surface area contributed by atoms with Crippen molar-refractivity contribution in [1.29, 1.82) is 0 Å². The first kappa shape index (κ1) is 27.6. The van der Waals surface area contributed by atoms with E-state index in [0.717, 1.165) is 0 Å². The summed E-state index contributed by atoms with van der Waals surface area (Å²) in [5.41, 5.74) is 8.45. The lowest BCUT2D eigenvalue weighted by molar-refractivity contribution is -0.132. The normalized spacial score (nSPS) is 11.2. The summed E-state index contributed by atoms with van der Waals surface area (Å²) in [7, 11) is 3.41. The molecule has 30 heavy (non-hydrogen) atoms. The summed E-state index contributed by atoms with van der Waals surface area (Å²) in [5.74, 6) is 0.434. The van der Waals surface area contributed by atoms with Crippen molar-refractivity contribution in [2.24, 2.45) is 11.8 Å². The lowest BCUT2D eigenvalue weighted by Crippen LogP contribution is -2.35. The van der Waals surface area contributed by atoms with Crippen LogP contribution in [0.4, 0.5) is 0 Å². The molecular formula is C21H34N4O4S. The Morgan fingerprint density at radius 3 is 2.00 bits per heavy atom. The molecule has 1 rings (SSSR count). The van der Waals surface area contributed by atoms with E-state index in [1.807, 2.05) is 33.8 Å². The largest absolute Gasteiger partial charge is 0.361 e. The average molecular weight is 439 g/mol. The molecular weight excluding hydrogens is 404 g/mol. The average Bonchev–Trinajstić information content (AvgIpc) is 2.70. The summed E-state index contributed by atoms with van der Waals surface area (Å²) in [6.07, 6.45) is 0. The summed E-state index contributed by atoms with van der Waals surface area (Å²) in [6, 6.07) is 8.81. The number of nitrogens with zero attached hydrogens (tertiary/aromatic N) is 4. The molecule has 0 aliphatic rings. The molecule has 168 valence electrons. The van der Waals surface area contributed by atoms with Gasteiger partial charge in [-0.05, 0) is 24.0 Å². The zero-order valence-electron chi connectivity index (χ0n) is 19.0. The van der Waals surface area contributed by atoms with Gasteiger partial charge in [-0.2, -0.15) is 4.79 Å². The van der Waals surface area contributed by atoms with E-state index < -0.39 is 11.1 Å². The molecule has 0 saturated heterocycles. The third kappa shape index (κ3) is 11.6. The van der Waals surface area contributed by atoms with Crippen molar-refractivity contribution in [3.05, 3.63) is 35.9 Å². The van der Waals surface area contributed by atoms with Gasteiger partial charge in [0.1, 0.15) is 6.61 Å². The van der Waals surface area contributed by atoms with E-state index in [2.05, 4.69) is 4.79 Å². The van der Waals surface area contributed by atoms with Gasteiger partial charge in [0.25, 0.3) is 0 Å². The topological polar surface area (TPSA) is 103 Å². The van der Waals surface area contributed by atoms with Crippen molar-refractivity contribution in [3.63, 3.8) is 0 Å². The van der Waals surface area contributed by atoms with Gasteiger partial charge in [-0.15, -0.1) is 0 Å². The molecule has 0 N–H and O–H groups in total. The fourth-order valence-electron chi connectivity index (χ4n) is 2.41. The summed E-state index contributed by atoms with van der Waals surface area (Å²) >= 11 is -1.58. The highest BCUT2D eigenvalue weighted by molar-refractivity contribution is 7.80. The first-order valence-electron chi connectivity index (χ1n) is 9.77. The van der Waals surface area contributed by atoms with E-state index >= 15 is 0 Å². The van der Waals surface area contributed by atoms with Crippen LogP contribution in [-0.4, -0.2) is 70.1 Å². The molecule has 0 aromatic heterocycles. The number of rotatable bonds is 9. The molecule has 0 bridgehead atoms. The molecule has 2 amide bonds. The van der Waals surface area contributed by atoms with Crippen molar-refractivity contribution < 1.29 is 22.8 Å². The molecule has 0 fully saturated rings. The molecule has 1 atom stereocenters. The van der Waals surface area contributed by atoms with Crippen LogP contribution < -0.4 is 0 Å². The number of carbonyl (C=O) groups excluding carboxylic acids is 2. The Morgan fingerprint density at radius 1 is 1.03 bits per heavy atom. The highest BCUT2D eigenvalue weighted by Gasteiger charge is 2.18. The molecule has 0 aliphatic carbocycles. The number of carbonyl (C=O) groups is 2. The maximum Gasteiger partial charge on any atom is 0.352 e. The monoisotopic (exact) mass is 438 g/mol. The van der Waals surface area contributed by atoms with Crippen LogP contribution in [0.1, 0.15) is 34.6 Å². The second-order valence-corrected chi connectivity index (χ2v) is 8.92. The van der Waals surface area contributed by atoms with Gasteiger partial charge in [-0.3, -0.25) is 13.8 Å². The molecule has 0 aliphatic heterocycles. The summed E-state index contributed by atoms with van der Waals surface area (Å²) in [4.78, 5) is 29.5. The standard InChI is InChI=1S/C13H19NO3S.C8H15N3O/c1-11(2)9-14(3)13(15)10-17-18(16)12-7-5-4-6-8-12;1-6(2)5-11(4)8(12)7(3)10-9/h4-8,11H,9-10H2,1-3H3;6H,5H2,1-4H3. The Bertz CT molecular complexity index is 747. The Hall–Kier alpha value is -2.35. The minimum atomic E-state index is -1.58. The van der Waals surface area contributed by atoms with E-state index in [1.165, 1.54) is 6.92 Å². The summed E-state index contributed by atoms with van der Waals surface area (Å²) in [6.45, 7) is 10.8. The Labute approximate surface area is 182 Å². The second-order valence-electron chi connectivity index (χ2n) is 7.74. The predicted molar refractivity (Wildman–Crippen MR) is 118 cm³/mol. The molecule has 9 heteroatoms. The molecule has 8 nitrogen and oxygen atoms in total. The van der Waals surface area contributed by atoms with E-state index in [4.69, 9.17) is 9.71 Å². The SMILES string of the molecule is CC(=[N+]=[N-])C(=O)N(C)CC(C)C.CC(C)CN(C)C(=O)COS(=O)c1ccccc1. The number of amides is 2. The number of hydrogen-bond donors (Lipinski definition) is 0. The van der Waals surface area contributed by atoms with Gasteiger partial charge >= 0.3 is 11.6 Å². The van der Waals surface area contributed by atoms with Crippen molar-refractivity contribution in [1.82, 2.24) is 9.80 Å². The summed E-state index contributed by atoms with van der Waals surface area (Å²) in [5, 5.41) is 0. The Balaban J connectivity index is 0.000000612. The Kier molecular flexibility index (Phi) is 13.5. The zero-order valence-corrected chi connectivity index (χ0v) is 19.8. The van der Waals surface area contributed by atoms with E-state index in [9.17, 15) is 13.8 Å². The fourth-order valence-corrected chi connectivity index (χ4v) is 3.14. The minimum absolute atomic E-state index is 0.123. The smallest absolute Gasteiger partial charge is 0.352 e. The fraction of sp³-hybridized carbons (Fsp3) is 0.571. The first-order chi connectivity index (χ1) is 14.0. The highest BCUT2D eigenvalue weighted by atomic mass is 32.2. The lowest BCUT2D eigenvalue weighted by Gasteiger charge is -2.18. The van der Waals surface area contributed by atoms with Gasteiger partial charge in [-0.25, -0.2) is 4.21 Å². The van der Waals surface area contributed by atoms with Crippen LogP contribution in [-0.2, 0) is 24.9 Å². The molecule has 1 aromatic carbocycles. The van der Waals surface area contributed by atoms with Crippen LogP contribution in [0.15, 0.2) is 35.2 Å². The maximum atomic E-state index is 11.7. The van der Waals surface area contributed by atoms with Gasteiger partial charge in [0.15, 0.2) is 11.1 Å². The van der Waals surface area contributed by atoms with Gasteiger partial charge in [0.05, 0.1) is 4.90 Å². The van der Waals surface area contributed by atoms with E-state index in [1.54, 1.807) is 48.2 Å². The van der Waals surface area contributed by atoms with Crippen LogP contribution in [0.3, 0.4) is 0 Å². The molecule has 0 spiro atoms. The first-order valence-corrected chi connectivity index (χ1v) is 10.8. The molecule has 1 aromatic rings. The van der Waals surface area contributed by atoms with Crippen LogP contribution in [0, 0.1) is 11.8 Å². The summed E-state index contributed by atoms with van der Waals surface area (Å²) < 4.78 is 16.8. The van der Waals surface area contributed by atoms with E-state index in [0.29, 0.717) is 29.8 Å². The van der Waals surface area contributed by atoms with Gasteiger partial charge < -0.3 is 15.3 Å². The number of hydrogen-bond acceptors (Lipinski definition) is 4. The van der Waals surface area contributed by atoms with Crippen LogP contribution in [0.5, 0.6) is 0 Å². The van der Waals surface area contributed by atoms with Gasteiger partial charge in [0, 0.05) is 34.1 Å². The number of benzene rings is 1. The molecule has 1 unspecified atom stereocenters. The van der Waals surface area contributed by atoms with Crippen molar-refractivity contribution in [2.75, 3.05) is 33.8 Å². The van der Waals surface area contributed by atoms with Crippen LogP contribution in [0.2, 0.25) is 0 Å². The third-order valence-electron chi connectivity index (χ3n) is 3.74. The molecule has 0 saturated carbocycles. The lowest BCUT2D eigenvalue weighted by atomic mass is 10.2. The van der Waals surface area contributed by atoms with Crippen molar-refractivity contribution in [2.45, 2.75) is 39.5 Å². The van der Waals surface area contributed by atoms with E-state index in [-0.39, 0.29) is 24.1 Å².